The normalized spacial score (nSPS) is 13.5. The highest BCUT2D eigenvalue weighted by Crippen LogP contribution is 2.43. The molecule has 148 valence electrons. The Morgan fingerprint density at radius 3 is 2.30 bits per heavy atom. The number of hydrogen-bond acceptors (Lipinski definition) is 3. The molecule has 0 amide bonds. The first-order valence-electron chi connectivity index (χ1n) is 8.81. The average Bonchev–Trinajstić information content (AvgIpc) is 2.63. The lowest BCUT2D eigenvalue weighted by atomic mass is 10.0. The Morgan fingerprint density at radius 2 is 1.78 bits per heavy atom. The molecule has 2 rings (SSSR count). The van der Waals surface area contributed by atoms with Gasteiger partial charge in [-0.2, -0.15) is 0 Å². The maximum absolute atomic E-state index is 11.9. The van der Waals surface area contributed by atoms with Crippen molar-refractivity contribution in [3.8, 4) is 17.2 Å². The first-order chi connectivity index (χ1) is 12.7. The third-order valence-corrected chi connectivity index (χ3v) is 7.44. The molecule has 0 aliphatic heterocycles. The van der Waals surface area contributed by atoms with E-state index in [1.165, 1.54) is 0 Å². The highest BCUT2D eigenvalue weighted by molar-refractivity contribution is 9.11. The lowest BCUT2D eigenvalue weighted by Crippen LogP contribution is -1.99. The van der Waals surface area contributed by atoms with Crippen LogP contribution in [0.4, 0.5) is 0 Å². The summed E-state index contributed by atoms with van der Waals surface area (Å²) in [7, 11) is -1.39. The molecule has 0 saturated carbocycles. The number of methoxy groups -OCH3 is 1. The second-order valence-electron chi connectivity index (χ2n) is 6.69. The minimum Gasteiger partial charge on any atom is -0.497 e. The van der Waals surface area contributed by atoms with Crippen LogP contribution in [-0.2, 0) is 11.0 Å². The van der Waals surface area contributed by atoms with E-state index in [1.54, 1.807) is 14.0 Å². The van der Waals surface area contributed by atoms with Crippen LogP contribution in [-0.4, -0.2) is 24.3 Å². The topological polar surface area (TPSA) is 55.8 Å². The quantitative estimate of drug-likeness (QED) is 0.382. The van der Waals surface area contributed by atoms with Crippen molar-refractivity contribution >= 4 is 39.2 Å². The second kappa shape index (κ2) is 9.60. The molecular weight excluding hydrogens is 495 g/mol. The van der Waals surface area contributed by atoms with E-state index in [-0.39, 0.29) is 12.1 Å². The molecule has 0 aliphatic rings. The summed E-state index contributed by atoms with van der Waals surface area (Å²) in [5.74, 6) is 2.52. The summed E-state index contributed by atoms with van der Waals surface area (Å²) in [5, 5.41) is 0. The van der Waals surface area contributed by atoms with Crippen LogP contribution < -0.4 is 9.47 Å². The van der Waals surface area contributed by atoms with E-state index in [0.29, 0.717) is 18.3 Å². The average molecular weight is 520 g/mol. The highest BCUT2D eigenvalue weighted by atomic mass is 79.9. The molecule has 2 aromatic rings. The van der Waals surface area contributed by atoms with Crippen molar-refractivity contribution in [1.82, 2.24) is 0 Å². The molecule has 0 aliphatic carbocycles. The van der Waals surface area contributed by atoms with Gasteiger partial charge in [-0.1, -0.05) is 20.8 Å². The standard InChI is InChI=1S/C20H25Br2O4P/c1-5-27(23,24)9-8-14-10-17(21)20(18(22)11-14)26-19-7-6-15(25-4)12-16(19)13(2)3/h6-7,10-13H,5,8-9H2,1-4H3,(H,23,24). The molecule has 0 bridgehead atoms. The predicted octanol–water partition coefficient (Wildman–Crippen LogP) is 6.97. The number of halogens is 2. The van der Waals surface area contributed by atoms with Crippen molar-refractivity contribution in [3.63, 3.8) is 0 Å². The first-order valence-corrected chi connectivity index (χ1v) is 12.4. The number of ether oxygens (including phenoxy) is 2. The van der Waals surface area contributed by atoms with Gasteiger partial charge >= 0.3 is 0 Å². The van der Waals surface area contributed by atoms with Gasteiger partial charge < -0.3 is 14.4 Å². The smallest absolute Gasteiger partial charge is 0.200 e. The highest BCUT2D eigenvalue weighted by Gasteiger charge is 2.18. The van der Waals surface area contributed by atoms with Gasteiger partial charge in [0.2, 0.25) is 7.37 Å². The van der Waals surface area contributed by atoms with E-state index >= 15 is 0 Å². The Kier molecular flexibility index (Phi) is 7.99. The van der Waals surface area contributed by atoms with E-state index in [9.17, 15) is 9.46 Å². The van der Waals surface area contributed by atoms with Gasteiger partial charge in [-0.15, -0.1) is 0 Å². The van der Waals surface area contributed by atoms with Crippen molar-refractivity contribution in [2.75, 3.05) is 19.4 Å². The van der Waals surface area contributed by atoms with Crippen LogP contribution in [0.2, 0.25) is 0 Å². The summed E-state index contributed by atoms with van der Waals surface area (Å²) < 4.78 is 25.0. The molecule has 4 nitrogen and oxygen atoms in total. The Balaban J connectivity index is 2.29. The SMILES string of the molecule is CCP(=O)(O)CCc1cc(Br)c(Oc2ccc(OC)cc2C(C)C)c(Br)c1. The number of benzene rings is 2. The van der Waals surface area contributed by atoms with E-state index in [1.807, 2.05) is 30.3 Å². The monoisotopic (exact) mass is 518 g/mol. The van der Waals surface area contributed by atoms with Crippen molar-refractivity contribution in [1.29, 1.82) is 0 Å². The zero-order valence-electron chi connectivity index (χ0n) is 16.0. The third kappa shape index (κ3) is 6.08. The maximum Gasteiger partial charge on any atom is 0.200 e. The first kappa shape index (κ1) is 22.5. The van der Waals surface area contributed by atoms with E-state index in [0.717, 1.165) is 31.6 Å². The zero-order valence-corrected chi connectivity index (χ0v) is 20.0. The van der Waals surface area contributed by atoms with E-state index in [2.05, 4.69) is 45.7 Å². The van der Waals surface area contributed by atoms with Gasteiger partial charge in [0.1, 0.15) is 11.5 Å². The fraction of sp³-hybridized carbons (Fsp3) is 0.400. The minimum atomic E-state index is -3.03. The molecule has 1 atom stereocenters. The van der Waals surface area contributed by atoms with Crippen LogP contribution in [0.25, 0.3) is 0 Å². The van der Waals surface area contributed by atoms with Gasteiger partial charge in [0, 0.05) is 17.9 Å². The van der Waals surface area contributed by atoms with Crippen LogP contribution in [0.5, 0.6) is 17.2 Å². The van der Waals surface area contributed by atoms with Crippen LogP contribution in [0, 0.1) is 0 Å². The lowest BCUT2D eigenvalue weighted by molar-refractivity contribution is 0.410. The summed E-state index contributed by atoms with van der Waals surface area (Å²) in [6, 6.07) is 9.65. The summed E-state index contributed by atoms with van der Waals surface area (Å²) >= 11 is 7.14. The van der Waals surface area contributed by atoms with Crippen molar-refractivity contribution in [3.05, 3.63) is 50.4 Å². The minimum absolute atomic E-state index is 0.276. The van der Waals surface area contributed by atoms with Crippen LogP contribution in [0.3, 0.4) is 0 Å². The van der Waals surface area contributed by atoms with Gasteiger partial charge in [0.25, 0.3) is 0 Å². The number of aryl methyl sites for hydroxylation is 1. The van der Waals surface area contributed by atoms with Crippen LogP contribution in [0.15, 0.2) is 39.3 Å². The number of hydrogen-bond donors (Lipinski definition) is 1. The largest absolute Gasteiger partial charge is 0.497 e. The molecule has 0 saturated heterocycles. The second-order valence-corrected chi connectivity index (χ2v) is 11.2. The lowest BCUT2D eigenvalue weighted by Gasteiger charge is -2.17. The number of rotatable bonds is 8. The van der Waals surface area contributed by atoms with Crippen LogP contribution >= 0.6 is 39.2 Å². The molecule has 0 aromatic heterocycles. The Morgan fingerprint density at radius 1 is 1.15 bits per heavy atom. The predicted molar refractivity (Wildman–Crippen MR) is 118 cm³/mol. The molecular formula is C20H25Br2O4P. The molecule has 0 fully saturated rings. The summed E-state index contributed by atoms with van der Waals surface area (Å²) in [4.78, 5) is 9.79. The summed E-state index contributed by atoms with van der Waals surface area (Å²) in [6.07, 6.45) is 1.11. The maximum atomic E-state index is 11.9. The Bertz CT molecular complexity index is 829. The van der Waals surface area contributed by atoms with E-state index < -0.39 is 7.37 Å². The Hall–Kier alpha value is -0.810. The van der Waals surface area contributed by atoms with Gasteiger partial charge in [0.05, 0.1) is 16.1 Å². The van der Waals surface area contributed by atoms with Gasteiger partial charge in [0.15, 0.2) is 5.75 Å². The van der Waals surface area contributed by atoms with Crippen molar-refractivity contribution in [2.45, 2.75) is 33.1 Å². The molecule has 27 heavy (non-hydrogen) atoms. The summed E-state index contributed by atoms with van der Waals surface area (Å²) in [6.45, 7) is 5.95. The molecule has 1 N–H and O–H groups in total. The van der Waals surface area contributed by atoms with Gasteiger partial charge in [-0.25, -0.2) is 0 Å². The molecule has 1 unspecified atom stereocenters. The van der Waals surface area contributed by atoms with Crippen molar-refractivity contribution < 1.29 is 18.9 Å². The molecule has 0 heterocycles. The van der Waals surface area contributed by atoms with Crippen LogP contribution in [0.1, 0.15) is 37.8 Å². The molecule has 0 spiro atoms. The molecule has 0 radical (unpaired) electrons. The fourth-order valence-corrected chi connectivity index (χ4v) is 4.99. The van der Waals surface area contributed by atoms with Gasteiger partial charge in [-0.3, -0.25) is 4.57 Å². The zero-order chi connectivity index (χ0) is 20.2. The van der Waals surface area contributed by atoms with Gasteiger partial charge in [-0.05, 0) is 80.1 Å². The molecule has 7 heteroatoms. The summed E-state index contributed by atoms with van der Waals surface area (Å²) in [5.41, 5.74) is 2.03. The third-order valence-electron chi connectivity index (χ3n) is 4.35. The fourth-order valence-electron chi connectivity index (χ4n) is 2.62. The molecule has 2 aromatic carbocycles. The van der Waals surface area contributed by atoms with E-state index in [4.69, 9.17) is 9.47 Å². The Labute approximate surface area is 178 Å². The van der Waals surface area contributed by atoms with Crippen molar-refractivity contribution in [2.24, 2.45) is 0 Å².